The number of hydrogen-bond acceptors (Lipinski definition) is 4. The Morgan fingerprint density at radius 3 is 2.65 bits per heavy atom. The van der Waals surface area contributed by atoms with Crippen LogP contribution in [0, 0.1) is 24.4 Å². The van der Waals surface area contributed by atoms with Gasteiger partial charge in [-0.15, -0.1) is 11.3 Å². The Labute approximate surface area is 196 Å². The van der Waals surface area contributed by atoms with Gasteiger partial charge in [-0.25, -0.2) is 17.7 Å². The molecule has 1 amide bonds. The molecule has 170 valence electrons. The Bertz CT molecular complexity index is 1530. The largest absolute Gasteiger partial charge is 0.326 e. The SMILES string of the molecule is Cc1c(F)cc(CC(=O)Nc2cccc(-c3nn4ccsc4c3-c3ccncc3)c2)c(F)c1F. The van der Waals surface area contributed by atoms with Crippen molar-refractivity contribution in [3.63, 3.8) is 0 Å². The van der Waals surface area contributed by atoms with E-state index in [4.69, 9.17) is 5.10 Å². The summed E-state index contributed by atoms with van der Waals surface area (Å²) in [6, 6.07) is 11.7. The molecule has 5 rings (SSSR count). The van der Waals surface area contributed by atoms with Crippen LogP contribution in [0.25, 0.3) is 27.2 Å². The third-order valence-electron chi connectivity index (χ3n) is 5.45. The van der Waals surface area contributed by atoms with Crippen LogP contribution in [0.15, 0.2) is 66.4 Å². The van der Waals surface area contributed by atoms with E-state index in [1.54, 1.807) is 46.4 Å². The summed E-state index contributed by atoms with van der Waals surface area (Å²) in [6.45, 7) is 1.14. The van der Waals surface area contributed by atoms with Gasteiger partial charge < -0.3 is 5.32 Å². The molecule has 0 aliphatic heterocycles. The molecule has 3 heterocycles. The van der Waals surface area contributed by atoms with Gasteiger partial charge in [-0.2, -0.15) is 5.10 Å². The molecule has 1 N–H and O–H groups in total. The highest BCUT2D eigenvalue weighted by molar-refractivity contribution is 7.16. The first-order chi connectivity index (χ1) is 16.4. The molecule has 0 unspecified atom stereocenters. The fraction of sp³-hybridized carbons (Fsp3) is 0.0800. The number of pyridine rings is 1. The van der Waals surface area contributed by atoms with E-state index in [9.17, 15) is 18.0 Å². The highest BCUT2D eigenvalue weighted by Crippen LogP contribution is 2.37. The fourth-order valence-electron chi connectivity index (χ4n) is 3.75. The van der Waals surface area contributed by atoms with Crippen molar-refractivity contribution in [2.75, 3.05) is 5.32 Å². The molecule has 0 spiro atoms. The summed E-state index contributed by atoms with van der Waals surface area (Å²) in [6.07, 6.45) is 4.78. The van der Waals surface area contributed by atoms with Gasteiger partial charge in [-0.1, -0.05) is 12.1 Å². The smallest absolute Gasteiger partial charge is 0.228 e. The maximum atomic E-state index is 14.2. The summed E-state index contributed by atoms with van der Waals surface area (Å²) in [7, 11) is 0. The maximum absolute atomic E-state index is 14.2. The van der Waals surface area contributed by atoms with Gasteiger partial charge >= 0.3 is 0 Å². The Hall–Kier alpha value is -3.98. The summed E-state index contributed by atoms with van der Waals surface area (Å²) < 4.78 is 43.6. The number of carbonyl (C=O) groups excluding carboxylic acids is 1. The number of nitrogens with zero attached hydrogens (tertiary/aromatic N) is 3. The molecule has 0 aliphatic carbocycles. The van der Waals surface area contributed by atoms with Crippen molar-refractivity contribution >= 4 is 27.8 Å². The summed E-state index contributed by atoms with van der Waals surface area (Å²) >= 11 is 1.56. The molecule has 5 nitrogen and oxygen atoms in total. The average Bonchev–Trinajstić information content (AvgIpc) is 3.43. The van der Waals surface area contributed by atoms with Crippen molar-refractivity contribution in [3.05, 3.63) is 95.0 Å². The summed E-state index contributed by atoms with van der Waals surface area (Å²) in [5.41, 5.74) is 3.07. The van der Waals surface area contributed by atoms with E-state index < -0.39 is 35.3 Å². The Kier molecular flexibility index (Phi) is 5.62. The molecule has 2 aromatic carbocycles. The highest BCUT2D eigenvalue weighted by Gasteiger charge is 2.20. The van der Waals surface area contributed by atoms with Crippen LogP contribution in [0.1, 0.15) is 11.1 Å². The second kappa shape index (κ2) is 8.75. The lowest BCUT2D eigenvalue weighted by Crippen LogP contribution is -2.16. The number of halogens is 3. The average molecular weight is 478 g/mol. The lowest BCUT2D eigenvalue weighted by molar-refractivity contribution is -0.115. The van der Waals surface area contributed by atoms with Gasteiger partial charge in [0, 0.05) is 51.9 Å². The number of hydrogen-bond donors (Lipinski definition) is 1. The number of thiazole rings is 1. The van der Waals surface area contributed by atoms with Crippen molar-refractivity contribution in [3.8, 4) is 22.4 Å². The van der Waals surface area contributed by atoms with Crippen LogP contribution in [-0.2, 0) is 11.2 Å². The van der Waals surface area contributed by atoms with Crippen molar-refractivity contribution in [1.29, 1.82) is 0 Å². The van der Waals surface area contributed by atoms with Crippen molar-refractivity contribution in [1.82, 2.24) is 14.6 Å². The Morgan fingerprint density at radius 1 is 1.06 bits per heavy atom. The molecule has 9 heteroatoms. The fourth-order valence-corrected chi connectivity index (χ4v) is 4.60. The summed E-state index contributed by atoms with van der Waals surface area (Å²) in [4.78, 5) is 17.6. The molecule has 5 aromatic rings. The third kappa shape index (κ3) is 3.94. The van der Waals surface area contributed by atoms with Crippen molar-refractivity contribution < 1.29 is 18.0 Å². The second-order valence-electron chi connectivity index (χ2n) is 7.69. The van der Waals surface area contributed by atoms with Gasteiger partial charge in [-0.3, -0.25) is 9.78 Å². The topological polar surface area (TPSA) is 59.3 Å². The van der Waals surface area contributed by atoms with Gasteiger partial charge in [-0.05, 0) is 42.8 Å². The number of nitrogens with one attached hydrogen (secondary N) is 1. The first-order valence-corrected chi connectivity index (χ1v) is 11.2. The van der Waals surface area contributed by atoms with Crippen LogP contribution in [0.3, 0.4) is 0 Å². The molecule has 0 saturated heterocycles. The van der Waals surface area contributed by atoms with Crippen molar-refractivity contribution in [2.24, 2.45) is 0 Å². The normalized spacial score (nSPS) is 11.2. The number of benzene rings is 2. The lowest BCUT2D eigenvalue weighted by Gasteiger charge is -2.10. The van der Waals surface area contributed by atoms with Gasteiger partial charge in [0.1, 0.15) is 16.3 Å². The second-order valence-corrected chi connectivity index (χ2v) is 8.58. The first kappa shape index (κ1) is 21.8. The number of rotatable bonds is 5. The standard InChI is InChI=1S/C25H17F3N4OS/c1-14-19(26)12-17(23(28)22(14)27)13-20(33)30-18-4-2-3-16(11-18)24-21(15-5-7-29-8-6-15)25-32(31-24)9-10-34-25/h2-12H,13H2,1H3,(H,30,33). The molecule has 3 aromatic heterocycles. The monoisotopic (exact) mass is 478 g/mol. The van der Waals surface area contributed by atoms with Crippen LogP contribution >= 0.6 is 11.3 Å². The number of aromatic nitrogens is 3. The van der Waals surface area contributed by atoms with Crippen molar-refractivity contribution in [2.45, 2.75) is 13.3 Å². The zero-order valence-corrected chi connectivity index (χ0v) is 18.7. The molecule has 34 heavy (non-hydrogen) atoms. The number of fused-ring (bicyclic) bond motifs is 1. The van der Waals surface area contributed by atoms with Crippen LogP contribution < -0.4 is 5.32 Å². The molecule has 0 fully saturated rings. The number of amides is 1. The Balaban J connectivity index is 1.45. The van der Waals surface area contributed by atoms with Crippen LogP contribution in [0.2, 0.25) is 0 Å². The van der Waals surface area contributed by atoms with Crippen LogP contribution in [0.4, 0.5) is 18.9 Å². The third-order valence-corrected chi connectivity index (χ3v) is 6.32. The van der Waals surface area contributed by atoms with Gasteiger partial charge in [0.25, 0.3) is 0 Å². The number of carbonyl (C=O) groups is 1. The zero-order valence-electron chi connectivity index (χ0n) is 17.8. The molecule has 0 atom stereocenters. The summed E-state index contributed by atoms with van der Waals surface area (Å²) in [5, 5.41) is 9.33. The van der Waals surface area contributed by atoms with E-state index >= 15 is 0 Å². The van der Waals surface area contributed by atoms with Gasteiger partial charge in [0.15, 0.2) is 11.6 Å². The highest BCUT2D eigenvalue weighted by atomic mass is 32.1. The van der Waals surface area contributed by atoms with Crippen LogP contribution in [0.5, 0.6) is 0 Å². The molecular weight excluding hydrogens is 461 g/mol. The predicted molar refractivity (Wildman–Crippen MR) is 125 cm³/mol. The molecule has 0 bridgehead atoms. The van der Waals surface area contributed by atoms with E-state index in [0.717, 1.165) is 40.2 Å². The van der Waals surface area contributed by atoms with Crippen LogP contribution in [-0.4, -0.2) is 20.5 Å². The molecule has 0 radical (unpaired) electrons. The Morgan fingerprint density at radius 2 is 1.85 bits per heavy atom. The first-order valence-electron chi connectivity index (χ1n) is 10.3. The lowest BCUT2D eigenvalue weighted by atomic mass is 10.0. The quantitative estimate of drug-likeness (QED) is 0.314. The summed E-state index contributed by atoms with van der Waals surface area (Å²) in [5.74, 6) is -4.00. The van der Waals surface area contributed by atoms with E-state index in [0.29, 0.717) is 5.69 Å². The maximum Gasteiger partial charge on any atom is 0.228 e. The molecule has 0 saturated carbocycles. The minimum Gasteiger partial charge on any atom is -0.326 e. The number of anilines is 1. The van der Waals surface area contributed by atoms with E-state index in [1.807, 2.05) is 29.8 Å². The van der Waals surface area contributed by atoms with Gasteiger partial charge in [0.05, 0.1) is 6.42 Å². The van der Waals surface area contributed by atoms with E-state index in [1.165, 1.54) is 0 Å². The van der Waals surface area contributed by atoms with E-state index in [-0.39, 0.29) is 5.56 Å². The molecule has 0 aliphatic rings. The minimum atomic E-state index is -1.28. The molecular formula is C25H17F3N4OS. The minimum absolute atomic E-state index is 0.344. The van der Waals surface area contributed by atoms with E-state index in [2.05, 4.69) is 10.3 Å². The van der Waals surface area contributed by atoms with Gasteiger partial charge in [0.2, 0.25) is 5.91 Å². The predicted octanol–water partition coefficient (Wildman–Crippen LogP) is 6.03. The zero-order chi connectivity index (χ0) is 23.8.